The zero-order valence-electron chi connectivity index (χ0n) is 11.6. The lowest BCUT2D eigenvalue weighted by atomic mass is 10.1. The minimum absolute atomic E-state index is 0.248. The molecule has 1 aromatic carbocycles. The zero-order chi connectivity index (χ0) is 15.1. The molecule has 0 aliphatic rings. The number of urea groups is 1. The number of carbonyl (C=O) groups excluding carboxylic acids is 1. The van der Waals surface area contributed by atoms with E-state index in [1.807, 2.05) is 0 Å². The maximum atomic E-state index is 11.6. The van der Waals surface area contributed by atoms with Crippen molar-refractivity contribution >= 4 is 17.7 Å². The predicted octanol–water partition coefficient (Wildman–Crippen LogP) is 2.65. The molecular weight excluding hydrogens is 260 g/mol. The van der Waals surface area contributed by atoms with Gasteiger partial charge in [-0.1, -0.05) is 13.8 Å². The molecule has 0 atom stereocenters. The van der Waals surface area contributed by atoms with Gasteiger partial charge in [-0.05, 0) is 37.0 Å². The Labute approximate surface area is 117 Å². The van der Waals surface area contributed by atoms with Gasteiger partial charge in [0.25, 0.3) is 0 Å². The average molecular weight is 280 g/mol. The summed E-state index contributed by atoms with van der Waals surface area (Å²) in [5.74, 6) is -0.987. The highest BCUT2D eigenvalue weighted by Crippen LogP contribution is 2.21. The monoisotopic (exact) mass is 280 g/mol. The van der Waals surface area contributed by atoms with Crippen molar-refractivity contribution in [1.82, 2.24) is 5.32 Å². The molecule has 0 aliphatic heterocycles. The van der Waals surface area contributed by atoms with E-state index in [4.69, 9.17) is 5.11 Å². The number of amides is 2. The number of carboxylic acid groups (broad SMARTS) is 1. The summed E-state index contributed by atoms with van der Waals surface area (Å²) in [5.41, 5.74) is 0.0733. The van der Waals surface area contributed by atoms with E-state index < -0.39 is 12.0 Å². The molecule has 0 bridgehead atoms. The van der Waals surface area contributed by atoms with Crippen molar-refractivity contribution in [3.63, 3.8) is 0 Å². The van der Waals surface area contributed by atoms with Gasteiger partial charge in [0.05, 0.1) is 0 Å². The summed E-state index contributed by atoms with van der Waals surface area (Å²) in [4.78, 5) is 22.4. The van der Waals surface area contributed by atoms with Crippen molar-refractivity contribution in [2.24, 2.45) is 5.92 Å². The number of carboxylic acids is 1. The van der Waals surface area contributed by atoms with Crippen LogP contribution in [0.2, 0.25) is 0 Å². The average Bonchev–Trinajstić information content (AvgIpc) is 2.36. The Balaban J connectivity index is 2.50. The van der Waals surface area contributed by atoms with E-state index in [0.29, 0.717) is 18.2 Å². The predicted molar refractivity (Wildman–Crippen MR) is 76.2 cm³/mol. The van der Waals surface area contributed by atoms with Gasteiger partial charge in [0.2, 0.25) is 0 Å². The van der Waals surface area contributed by atoms with Gasteiger partial charge < -0.3 is 20.8 Å². The number of hydrogen-bond donors (Lipinski definition) is 4. The van der Waals surface area contributed by atoms with Crippen LogP contribution in [-0.4, -0.2) is 28.8 Å². The molecule has 0 fully saturated rings. The van der Waals surface area contributed by atoms with E-state index in [9.17, 15) is 14.7 Å². The smallest absolute Gasteiger partial charge is 0.339 e. The van der Waals surface area contributed by atoms with Crippen molar-refractivity contribution in [2.45, 2.75) is 26.7 Å². The van der Waals surface area contributed by atoms with E-state index in [0.717, 1.165) is 12.8 Å². The molecule has 110 valence electrons. The van der Waals surface area contributed by atoms with Crippen LogP contribution in [0.15, 0.2) is 18.2 Å². The summed E-state index contributed by atoms with van der Waals surface area (Å²) in [6, 6.07) is 3.49. The summed E-state index contributed by atoms with van der Waals surface area (Å²) in [5, 5.41) is 23.4. The van der Waals surface area contributed by atoms with Gasteiger partial charge in [0.15, 0.2) is 0 Å². The van der Waals surface area contributed by atoms with Gasteiger partial charge in [-0.2, -0.15) is 0 Å². The van der Waals surface area contributed by atoms with Crippen LogP contribution < -0.4 is 10.6 Å². The van der Waals surface area contributed by atoms with Crippen LogP contribution in [0.5, 0.6) is 5.75 Å². The molecule has 1 rings (SSSR count). The number of carbonyl (C=O) groups is 2. The third-order valence-electron chi connectivity index (χ3n) is 2.73. The molecule has 6 heteroatoms. The number of aromatic carboxylic acids is 1. The Bertz CT molecular complexity index is 486. The van der Waals surface area contributed by atoms with Gasteiger partial charge >= 0.3 is 12.0 Å². The Morgan fingerprint density at radius 1 is 1.30 bits per heavy atom. The second-order valence-corrected chi connectivity index (χ2v) is 4.95. The molecule has 2 amide bonds. The summed E-state index contributed by atoms with van der Waals surface area (Å²) >= 11 is 0. The lowest BCUT2D eigenvalue weighted by Crippen LogP contribution is -2.29. The number of benzene rings is 1. The number of aromatic hydroxyl groups is 1. The number of rotatable bonds is 6. The fourth-order valence-corrected chi connectivity index (χ4v) is 1.67. The number of anilines is 1. The van der Waals surface area contributed by atoms with E-state index in [1.165, 1.54) is 18.2 Å². The zero-order valence-corrected chi connectivity index (χ0v) is 11.6. The Morgan fingerprint density at radius 3 is 2.60 bits per heavy atom. The summed E-state index contributed by atoms with van der Waals surface area (Å²) in [6.45, 7) is 4.79. The molecule has 20 heavy (non-hydrogen) atoms. The maximum absolute atomic E-state index is 11.6. The topological polar surface area (TPSA) is 98.7 Å². The number of nitrogens with one attached hydrogen (secondary N) is 2. The van der Waals surface area contributed by atoms with Crippen LogP contribution in [0.4, 0.5) is 10.5 Å². The van der Waals surface area contributed by atoms with Gasteiger partial charge in [-0.25, -0.2) is 9.59 Å². The SMILES string of the molecule is CC(C)CCCNC(=O)Nc1ccc(O)c(C(=O)O)c1. The van der Waals surface area contributed by atoms with E-state index in [1.54, 1.807) is 0 Å². The van der Waals surface area contributed by atoms with Crippen molar-refractivity contribution < 1.29 is 19.8 Å². The third-order valence-corrected chi connectivity index (χ3v) is 2.73. The largest absolute Gasteiger partial charge is 0.507 e. The van der Waals surface area contributed by atoms with Crippen molar-refractivity contribution in [2.75, 3.05) is 11.9 Å². The molecule has 0 saturated carbocycles. The van der Waals surface area contributed by atoms with Gasteiger partial charge in [-0.15, -0.1) is 0 Å². The van der Waals surface area contributed by atoms with Crippen molar-refractivity contribution in [3.05, 3.63) is 23.8 Å². The van der Waals surface area contributed by atoms with Gasteiger partial charge in [0, 0.05) is 12.2 Å². The van der Waals surface area contributed by atoms with E-state index >= 15 is 0 Å². The van der Waals surface area contributed by atoms with Gasteiger partial charge in [0.1, 0.15) is 11.3 Å². The lowest BCUT2D eigenvalue weighted by molar-refractivity contribution is 0.0693. The third kappa shape index (κ3) is 5.17. The molecule has 0 heterocycles. The van der Waals surface area contributed by atoms with Crippen LogP contribution in [0.1, 0.15) is 37.0 Å². The highest BCUT2D eigenvalue weighted by Gasteiger charge is 2.11. The maximum Gasteiger partial charge on any atom is 0.339 e. The molecule has 1 aromatic rings. The minimum atomic E-state index is -1.25. The fourth-order valence-electron chi connectivity index (χ4n) is 1.67. The molecule has 6 nitrogen and oxygen atoms in total. The molecule has 4 N–H and O–H groups in total. The molecule has 0 radical (unpaired) electrons. The molecular formula is C14H20N2O4. The summed E-state index contributed by atoms with van der Waals surface area (Å²) < 4.78 is 0. The molecule has 0 saturated heterocycles. The first kappa shape index (κ1) is 15.8. The van der Waals surface area contributed by atoms with Crippen LogP contribution in [-0.2, 0) is 0 Å². The molecule has 0 aromatic heterocycles. The number of hydrogen-bond acceptors (Lipinski definition) is 3. The van der Waals surface area contributed by atoms with Crippen molar-refractivity contribution in [3.8, 4) is 5.75 Å². The van der Waals surface area contributed by atoms with Crippen LogP contribution in [0, 0.1) is 5.92 Å². The quantitative estimate of drug-likeness (QED) is 0.475. The summed E-state index contributed by atoms with van der Waals surface area (Å²) in [7, 11) is 0. The van der Waals surface area contributed by atoms with Crippen LogP contribution in [0.25, 0.3) is 0 Å². The van der Waals surface area contributed by atoms with Crippen LogP contribution >= 0.6 is 0 Å². The molecule has 0 aliphatic carbocycles. The minimum Gasteiger partial charge on any atom is -0.507 e. The Hall–Kier alpha value is -2.24. The molecule has 0 spiro atoms. The first-order chi connectivity index (χ1) is 9.40. The lowest BCUT2D eigenvalue weighted by Gasteiger charge is -2.09. The van der Waals surface area contributed by atoms with Crippen LogP contribution in [0.3, 0.4) is 0 Å². The second-order valence-electron chi connectivity index (χ2n) is 4.95. The van der Waals surface area contributed by atoms with Crippen molar-refractivity contribution in [1.29, 1.82) is 0 Å². The first-order valence-corrected chi connectivity index (χ1v) is 6.51. The van der Waals surface area contributed by atoms with Gasteiger partial charge in [-0.3, -0.25) is 0 Å². The Morgan fingerprint density at radius 2 is 2.00 bits per heavy atom. The highest BCUT2D eigenvalue weighted by molar-refractivity contribution is 5.95. The van der Waals surface area contributed by atoms with E-state index in [-0.39, 0.29) is 11.3 Å². The van der Waals surface area contributed by atoms with E-state index in [2.05, 4.69) is 24.5 Å². The standard InChI is InChI=1S/C14H20N2O4/c1-9(2)4-3-7-15-14(20)16-10-5-6-12(17)11(8-10)13(18)19/h5-6,8-9,17H,3-4,7H2,1-2H3,(H,18,19)(H2,15,16,20). The normalized spacial score (nSPS) is 10.3. The second kappa shape index (κ2) is 7.37. The first-order valence-electron chi connectivity index (χ1n) is 6.51. The Kier molecular flexibility index (Phi) is 5.83. The fraction of sp³-hybridized carbons (Fsp3) is 0.429. The summed E-state index contributed by atoms with van der Waals surface area (Å²) in [6.07, 6.45) is 1.92. The highest BCUT2D eigenvalue weighted by atomic mass is 16.4. The number of phenols is 1. The molecule has 0 unspecified atom stereocenters.